The molecule has 0 aromatic heterocycles. The van der Waals surface area contributed by atoms with Crippen molar-refractivity contribution in [2.24, 2.45) is 0 Å². The van der Waals surface area contributed by atoms with Gasteiger partial charge in [-0.1, -0.05) is 12.1 Å². The Hall–Kier alpha value is -2.07. The van der Waals surface area contributed by atoms with E-state index in [1.54, 1.807) is 14.2 Å². The highest BCUT2D eigenvalue weighted by Crippen LogP contribution is 2.53. The topological polar surface area (TPSA) is 44.8 Å². The van der Waals surface area contributed by atoms with E-state index < -0.39 is 5.60 Å². The predicted octanol–water partition coefficient (Wildman–Crippen LogP) is 3.45. The Morgan fingerprint density at radius 2 is 1.77 bits per heavy atom. The number of ketones is 1. The van der Waals surface area contributed by atoms with E-state index in [1.165, 1.54) is 0 Å². The first-order chi connectivity index (χ1) is 10.7. The van der Waals surface area contributed by atoms with Crippen LogP contribution in [-0.2, 0) is 10.3 Å². The maximum Gasteiger partial charge on any atom is 0.203 e. The Morgan fingerprint density at radius 1 is 1.05 bits per heavy atom. The summed E-state index contributed by atoms with van der Waals surface area (Å²) in [6, 6.07) is 7.74. The highest BCUT2D eigenvalue weighted by atomic mass is 16.5. The summed E-state index contributed by atoms with van der Waals surface area (Å²) in [5.74, 6) is 1.34. The average Bonchev–Trinajstić information content (AvgIpc) is 2.81. The summed E-state index contributed by atoms with van der Waals surface area (Å²) in [4.78, 5) is 13.2. The molecule has 0 N–H and O–H groups in total. The molecule has 114 valence electrons. The number of Topliss-reactive ketones (excluding diaryl/α,β-unsaturated/α-hetero) is 1. The van der Waals surface area contributed by atoms with Crippen molar-refractivity contribution in [1.82, 2.24) is 0 Å². The number of hydrogen-bond donors (Lipinski definition) is 0. The van der Waals surface area contributed by atoms with Gasteiger partial charge in [-0.3, -0.25) is 4.79 Å². The highest BCUT2D eigenvalue weighted by Gasteiger charge is 2.52. The van der Waals surface area contributed by atoms with E-state index in [-0.39, 0.29) is 5.78 Å². The lowest BCUT2D eigenvalue weighted by molar-refractivity contribution is -0.0562. The van der Waals surface area contributed by atoms with Crippen LogP contribution in [0.25, 0.3) is 10.8 Å². The summed E-state index contributed by atoms with van der Waals surface area (Å²) in [5, 5.41) is 1.94. The van der Waals surface area contributed by atoms with Gasteiger partial charge in [-0.05, 0) is 36.8 Å². The van der Waals surface area contributed by atoms with Gasteiger partial charge in [0, 0.05) is 17.6 Å². The van der Waals surface area contributed by atoms with Gasteiger partial charge in [0.05, 0.1) is 19.8 Å². The highest BCUT2D eigenvalue weighted by molar-refractivity contribution is 6.22. The largest absolute Gasteiger partial charge is 0.496 e. The van der Waals surface area contributed by atoms with E-state index in [4.69, 9.17) is 14.2 Å². The van der Waals surface area contributed by atoms with E-state index >= 15 is 0 Å². The molecule has 1 heterocycles. The van der Waals surface area contributed by atoms with Gasteiger partial charge in [-0.25, -0.2) is 0 Å². The van der Waals surface area contributed by atoms with Gasteiger partial charge in [-0.15, -0.1) is 0 Å². The third kappa shape index (κ3) is 1.53. The molecule has 1 fully saturated rings. The van der Waals surface area contributed by atoms with E-state index in [0.29, 0.717) is 24.3 Å². The van der Waals surface area contributed by atoms with E-state index in [2.05, 4.69) is 0 Å². The molecule has 22 heavy (non-hydrogen) atoms. The molecule has 1 aliphatic heterocycles. The van der Waals surface area contributed by atoms with Crippen molar-refractivity contribution >= 4 is 16.6 Å². The van der Waals surface area contributed by atoms with Crippen molar-refractivity contribution in [1.29, 1.82) is 0 Å². The van der Waals surface area contributed by atoms with Gasteiger partial charge in [0.1, 0.15) is 11.5 Å². The molecule has 1 unspecified atom stereocenters. The molecular weight excluding hydrogens is 280 g/mol. The van der Waals surface area contributed by atoms with Gasteiger partial charge in [0.15, 0.2) is 5.60 Å². The van der Waals surface area contributed by atoms with Crippen molar-refractivity contribution in [2.75, 3.05) is 20.8 Å². The second-order valence-electron chi connectivity index (χ2n) is 5.85. The second-order valence-corrected chi connectivity index (χ2v) is 5.85. The standard InChI is InChI=1S/C18H18O4/c1-20-12-7-5-11-6-8-13(21-2)16-14(11)15(12)17(19)18(16)9-3-4-10-22-18/h5-8H,3-4,9-10H2,1-2H3. The van der Waals surface area contributed by atoms with Crippen LogP contribution in [0.3, 0.4) is 0 Å². The number of carbonyl (C=O) groups excluding carboxylic acids is 1. The van der Waals surface area contributed by atoms with E-state index in [0.717, 1.165) is 34.9 Å². The Balaban J connectivity index is 2.12. The number of carbonyl (C=O) groups is 1. The lowest BCUT2D eigenvalue weighted by atomic mass is 9.85. The summed E-state index contributed by atoms with van der Waals surface area (Å²) in [6.07, 6.45) is 2.65. The van der Waals surface area contributed by atoms with Crippen LogP contribution in [-0.4, -0.2) is 26.6 Å². The normalized spacial score (nSPS) is 23.3. The zero-order chi connectivity index (χ0) is 15.3. The molecule has 4 nitrogen and oxygen atoms in total. The van der Waals surface area contributed by atoms with E-state index in [1.807, 2.05) is 24.3 Å². The predicted molar refractivity (Wildman–Crippen MR) is 82.9 cm³/mol. The van der Waals surface area contributed by atoms with Crippen LogP contribution in [0.2, 0.25) is 0 Å². The average molecular weight is 298 g/mol. The minimum absolute atomic E-state index is 0.00847. The lowest BCUT2D eigenvalue weighted by Crippen LogP contribution is -2.38. The quantitative estimate of drug-likeness (QED) is 0.852. The molecule has 0 amide bonds. The van der Waals surface area contributed by atoms with Crippen LogP contribution in [0.5, 0.6) is 11.5 Å². The Kier molecular flexibility index (Phi) is 2.91. The van der Waals surface area contributed by atoms with Crippen LogP contribution in [0.4, 0.5) is 0 Å². The second kappa shape index (κ2) is 4.71. The van der Waals surface area contributed by atoms with E-state index in [9.17, 15) is 4.79 Å². The summed E-state index contributed by atoms with van der Waals surface area (Å²) in [5.41, 5.74) is 0.613. The van der Waals surface area contributed by atoms with Crippen LogP contribution in [0.15, 0.2) is 24.3 Å². The zero-order valence-electron chi connectivity index (χ0n) is 12.8. The number of methoxy groups -OCH3 is 2. The zero-order valence-corrected chi connectivity index (χ0v) is 12.8. The first kappa shape index (κ1) is 13.6. The Bertz CT molecular complexity index is 767. The minimum atomic E-state index is -0.903. The maximum absolute atomic E-state index is 13.2. The number of rotatable bonds is 2. The first-order valence-electron chi connectivity index (χ1n) is 7.60. The van der Waals surface area contributed by atoms with Crippen molar-refractivity contribution in [3.05, 3.63) is 35.4 Å². The minimum Gasteiger partial charge on any atom is -0.496 e. The fraction of sp³-hybridized carbons (Fsp3) is 0.389. The van der Waals surface area contributed by atoms with Crippen LogP contribution >= 0.6 is 0 Å². The number of benzene rings is 2. The first-order valence-corrected chi connectivity index (χ1v) is 7.60. The van der Waals surface area contributed by atoms with Crippen LogP contribution < -0.4 is 9.47 Å². The molecule has 1 saturated heterocycles. The van der Waals surface area contributed by atoms with Gasteiger partial charge in [-0.2, -0.15) is 0 Å². The molecule has 0 radical (unpaired) electrons. The number of fused-ring (bicyclic) bond motifs is 1. The molecule has 0 saturated carbocycles. The molecule has 1 spiro atoms. The number of hydrogen-bond acceptors (Lipinski definition) is 4. The Labute approximate surface area is 129 Å². The molecule has 2 aliphatic rings. The lowest BCUT2D eigenvalue weighted by Gasteiger charge is -2.34. The smallest absolute Gasteiger partial charge is 0.203 e. The molecular formula is C18H18O4. The number of ether oxygens (including phenoxy) is 3. The molecule has 4 rings (SSSR count). The van der Waals surface area contributed by atoms with Crippen LogP contribution in [0.1, 0.15) is 35.2 Å². The fourth-order valence-corrected chi connectivity index (χ4v) is 3.83. The van der Waals surface area contributed by atoms with Crippen molar-refractivity contribution in [3.63, 3.8) is 0 Å². The SMILES string of the molecule is COc1ccc2ccc(OC)c3c2c1C(=O)C31CCCCO1. The third-order valence-electron chi connectivity index (χ3n) is 4.82. The molecule has 2 aromatic rings. The summed E-state index contributed by atoms with van der Waals surface area (Å²) in [6.45, 7) is 0.599. The molecule has 1 atom stereocenters. The van der Waals surface area contributed by atoms with Gasteiger partial charge in [0.2, 0.25) is 5.78 Å². The third-order valence-corrected chi connectivity index (χ3v) is 4.82. The van der Waals surface area contributed by atoms with Gasteiger partial charge in [0.25, 0.3) is 0 Å². The summed E-state index contributed by atoms with van der Waals surface area (Å²) >= 11 is 0. The van der Waals surface area contributed by atoms with Gasteiger partial charge < -0.3 is 14.2 Å². The van der Waals surface area contributed by atoms with Crippen LogP contribution in [0, 0.1) is 0 Å². The Morgan fingerprint density at radius 3 is 2.41 bits per heavy atom. The molecule has 1 aliphatic carbocycles. The van der Waals surface area contributed by atoms with Gasteiger partial charge >= 0.3 is 0 Å². The fourth-order valence-electron chi connectivity index (χ4n) is 3.83. The maximum atomic E-state index is 13.2. The molecule has 4 heteroatoms. The monoisotopic (exact) mass is 298 g/mol. The molecule has 0 bridgehead atoms. The van der Waals surface area contributed by atoms with Crippen molar-refractivity contribution in [2.45, 2.75) is 24.9 Å². The van der Waals surface area contributed by atoms with Crippen molar-refractivity contribution in [3.8, 4) is 11.5 Å². The summed E-state index contributed by atoms with van der Waals surface area (Å²) in [7, 11) is 3.23. The molecule has 2 aromatic carbocycles. The summed E-state index contributed by atoms with van der Waals surface area (Å²) < 4.78 is 17.1. The van der Waals surface area contributed by atoms with Crippen molar-refractivity contribution < 1.29 is 19.0 Å².